The summed E-state index contributed by atoms with van der Waals surface area (Å²) in [5, 5.41) is 64.6. The number of rotatable bonds is 15. The van der Waals surface area contributed by atoms with Gasteiger partial charge in [-0.05, 0) is 78.3 Å². The number of primary amides is 2. The van der Waals surface area contributed by atoms with Crippen LogP contribution in [0.2, 0.25) is 0 Å². The molecule has 1 aliphatic carbocycles. The van der Waals surface area contributed by atoms with Gasteiger partial charge in [0.1, 0.15) is 71.1 Å². The van der Waals surface area contributed by atoms with Gasteiger partial charge in [-0.2, -0.15) is 0 Å². The zero-order chi connectivity index (χ0) is 68.9. The highest BCUT2D eigenvalue weighted by Gasteiger charge is 2.45. The van der Waals surface area contributed by atoms with E-state index in [9.17, 15) is 91.8 Å². The first-order chi connectivity index (χ1) is 42.9. The number of phenolic OH excluding ortho intramolecular Hbond substituents is 2. The Morgan fingerprint density at radius 1 is 0.576 bits per heavy atom. The number of carbonyl (C=O) groups is 14. The van der Waals surface area contributed by atoms with Gasteiger partial charge in [0.2, 0.25) is 70.9 Å². The second-order valence-electron chi connectivity index (χ2n) is 25.0. The summed E-state index contributed by atoms with van der Waals surface area (Å²) in [6.07, 6.45) is -1.82. The van der Waals surface area contributed by atoms with Crippen molar-refractivity contribution in [2.75, 3.05) is 18.1 Å². The van der Waals surface area contributed by atoms with E-state index in [4.69, 9.17) is 11.5 Å². The van der Waals surface area contributed by atoms with Crippen molar-refractivity contribution in [1.29, 1.82) is 0 Å². The summed E-state index contributed by atoms with van der Waals surface area (Å²) < 4.78 is 13.8. The molecule has 1 aliphatic heterocycles. The third-order valence-electron chi connectivity index (χ3n) is 15.1. The van der Waals surface area contributed by atoms with Gasteiger partial charge < -0.3 is 85.1 Å². The molecule has 2 aromatic carbocycles. The lowest BCUT2D eigenvalue weighted by molar-refractivity contribution is -0.155. The maximum Gasteiger partial charge on any atom is 0.317 e. The molecular weight excluding hydrogens is 1220 g/mol. The van der Waals surface area contributed by atoms with Gasteiger partial charge >= 0.3 is 11.9 Å². The van der Waals surface area contributed by atoms with E-state index in [0.717, 1.165) is 0 Å². The van der Waals surface area contributed by atoms with Gasteiger partial charge in [-0.3, -0.25) is 71.3 Å². The van der Waals surface area contributed by atoms with Crippen molar-refractivity contribution >= 4 is 93.6 Å². The van der Waals surface area contributed by atoms with Crippen LogP contribution in [0.15, 0.2) is 48.5 Å². The molecule has 0 radical (unpaired) electrons. The number of amides is 12. The van der Waals surface area contributed by atoms with E-state index in [1.54, 1.807) is 34.6 Å². The van der Waals surface area contributed by atoms with Crippen molar-refractivity contribution in [2.24, 2.45) is 34.6 Å². The molecule has 4 rings (SSSR count). The molecular formula is C60H86N12O19S. The molecule has 1 heterocycles. The van der Waals surface area contributed by atoms with Crippen LogP contribution in [0.4, 0.5) is 0 Å². The Labute approximate surface area is 533 Å². The topological polar surface area (TPSA) is 509 Å². The maximum absolute atomic E-state index is 14.8. The molecule has 1 saturated heterocycles. The number of hydrogen-bond acceptors (Lipinski definition) is 17. The van der Waals surface area contributed by atoms with Crippen molar-refractivity contribution in [2.45, 2.75) is 173 Å². The molecule has 0 bridgehead atoms. The first-order valence-electron chi connectivity index (χ1n) is 29.9. The summed E-state index contributed by atoms with van der Waals surface area (Å²) in [5.74, 6) is -22.8. The summed E-state index contributed by atoms with van der Waals surface area (Å²) in [5.41, 5.74) is 9.38. The number of carbonyl (C=O) groups excluding carboxylic acids is 12. The normalized spacial score (nSPS) is 24.5. The highest BCUT2D eigenvalue weighted by Crippen LogP contribution is 2.30. The molecule has 32 heteroatoms. The van der Waals surface area contributed by atoms with Gasteiger partial charge in [-0.25, -0.2) is 0 Å². The van der Waals surface area contributed by atoms with E-state index >= 15 is 0 Å². The molecule has 0 aromatic heterocycles. The largest absolute Gasteiger partial charge is 0.508 e. The molecule has 2 fully saturated rings. The summed E-state index contributed by atoms with van der Waals surface area (Å²) in [4.78, 5) is 193. The summed E-state index contributed by atoms with van der Waals surface area (Å²) in [7, 11) is -2.51. The highest BCUT2D eigenvalue weighted by molar-refractivity contribution is 7.85. The SMILES string of the molecule is CC(C)C[C@H]1NC(=O)[C@H](CC(C(=O)O)C(=O)O)NC(=O)CS(=O)C[C@@H](C(N)=O)NC(=O)[C@H](Cc2ccc(O)cc2)NC(=O)[C@@H](CC(C)(C)C)NC(=O)CNC(=O)[C@@H](C(C)C)NC(=O)[C@H](CC(N)=O)NC(=O)C2(CCCCC2)NC(=O)[C@H](Cc2ccc(O)cc2)NC1=O. The first kappa shape index (κ1) is 75.2. The van der Waals surface area contributed by atoms with Gasteiger partial charge in [-0.1, -0.05) is 92.0 Å². The number of benzene rings is 2. The maximum atomic E-state index is 14.8. The van der Waals surface area contributed by atoms with Crippen molar-refractivity contribution in [3.05, 3.63) is 59.7 Å². The van der Waals surface area contributed by atoms with Crippen molar-refractivity contribution in [1.82, 2.24) is 53.2 Å². The van der Waals surface area contributed by atoms with Crippen LogP contribution < -0.4 is 64.6 Å². The zero-order valence-corrected chi connectivity index (χ0v) is 53.2. The molecule has 1 saturated carbocycles. The number of phenols is 2. The molecule has 2 aromatic rings. The summed E-state index contributed by atoms with van der Waals surface area (Å²) in [6, 6.07) is -2.78. The predicted octanol–water partition coefficient (Wildman–Crippen LogP) is -2.87. The van der Waals surface area contributed by atoms with Gasteiger partial charge in [0.25, 0.3) is 0 Å². The fourth-order valence-corrected chi connectivity index (χ4v) is 11.4. The third kappa shape index (κ3) is 24.2. The Morgan fingerprint density at radius 3 is 1.52 bits per heavy atom. The zero-order valence-electron chi connectivity index (χ0n) is 52.3. The Kier molecular flexibility index (Phi) is 28.0. The number of carboxylic acids is 2. The van der Waals surface area contributed by atoms with E-state index in [-0.39, 0.29) is 50.0 Å². The minimum atomic E-state index is -2.51. The van der Waals surface area contributed by atoms with Crippen LogP contribution in [0.25, 0.3) is 0 Å². The van der Waals surface area contributed by atoms with Gasteiger partial charge in [-0.15, -0.1) is 0 Å². The van der Waals surface area contributed by atoms with Crippen molar-refractivity contribution < 1.29 is 91.8 Å². The van der Waals surface area contributed by atoms with E-state index < -0.39 is 202 Å². The molecule has 31 nitrogen and oxygen atoms in total. The lowest BCUT2D eigenvalue weighted by Gasteiger charge is -2.39. The van der Waals surface area contributed by atoms with Crippen molar-refractivity contribution in [3.8, 4) is 11.5 Å². The molecule has 1 unspecified atom stereocenters. The van der Waals surface area contributed by atoms with Crippen LogP contribution in [0.1, 0.15) is 117 Å². The third-order valence-corrected chi connectivity index (χ3v) is 16.3. The number of carboxylic acid groups (broad SMARTS) is 2. The predicted molar refractivity (Wildman–Crippen MR) is 329 cm³/mol. The number of nitrogens with two attached hydrogens (primary N) is 2. The quantitative estimate of drug-likeness (QED) is 0.0797. The van der Waals surface area contributed by atoms with Crippen LogP contribution in [0.3, 0.4) is 0 Å². The van der Waals surface area contributed by atoms with E-state index in [1.807, 2.05) is 0 Å². The van der Waals surface area contributed by atoms with Crippen LogP contribution >= 0.6 is 0 Å². The molecule has 18 N–H and O–H groups in total. The van der Waals surface area contributed by atoms with E-state index in [0.29, 0.717) is 30.4 Å². The van der Waals surface area contributed by atoms with Gasteiger partial charge in [0.15, 0.2) is 5.92 Å². The highest BCUT2D eigenvalue weighted by atomic mass is 32.2. The minimum absolute atomic E-state index is 0.0474. The van der Waals surface area contributed by atoms with Crippen LogP contribution in [-0.4, -0.2) is 179 Å². The number of aliphatic carboxylic acids is 2. The minimum Gasteiger partial charge on any atom is -0.508 e. The monoisotopic (exact) mass is 1310 g/mol. The fraction of sp³-hybridized carbons (Fsp3) is 0.567. The number of aromatic hydroxyl groups is 2. The average molecular weight is 1310 g/mol. The summed E-state index contributed by atoms with van der Waals surface area (Å²) >= 11 is 0. The molecule has 506 valence electrons. The summed E-state index contributed by atoms with van der Waals surface area (Å²) in [6.45, 7) is 10.7. The second kappa shape index (κ2) is 34.3. The molecule has 92 heavy (non-hydrogen) atoms. The van der Waals surface area contributed by atoms with E-state index in [2.05, 4.69) is 53.2 Å². The second-order valence-corrected chi connectivity index (χ2v) is 26.5. The van der Waals surface area contributed by atoms with Gasteiger partial charge in [0, 0.05) is 30.1 Å². The average Bonchev–Trinajstić information content (AvgIpc) is 0.816. The Morgan fingerprint density at radius 2 is 1.04 bits per heavy atom. The number of hydrogen-bond donors (Lipinski definition) is 16. The molecule has 1 spiro atoms. The lowest BCUT2D eigenvalue weighted by atomic mass is 9.80. The van der Waals surface area contributed by atoms with Crippen LogP contribution in [-0.2, 0) is 90.8 Å². The standard InChI is InChI=1S/C60H86N12O19S/c1-30(2)21-37-49(79)68-39(23-33-13-17-35(74)18-14-33)54(84)72-60(19-9-8-10-20-60)58(90)70-41(25-44(61)75)52(82)71-47(31(3)4)55(85)63-27-45(76)65-42(26-59(5,6)7)53(83)67-38(22-32-11-15-34(73)16-12-32)50(80)69-43(48(62)78)28-92(91)29-46(77)64-40(51(81)66-37)24-36(56(86)87)57(88)89/h11-18,30-31,36-43,47,73-74H,8-10,19-29H2,1-7H3,(H2,61,75)(H2,62,78)(H,63,85)(H,64,77)(H,65,76)(H,66,81)(H,67,83)(H,68,79)(H,69,80)(H,70,90)(H,71,82)(H,72,84)(H,86,87)(H,88,89)/t37-,38+,39+,40+,41+,42-,43+,47-,92?/m1/s1. The van der Waals surface area contributed by atoms with E-state index in [1.165, 1.54) is 62.4 Å². The Bertz CT molecular complexity index is 3060. The van der Waals surface area contributed by atoms with Gasteiger partial charge in [0.05, 0.1) is 18.7 Å². The molecule has 12 amide bonds. The van der Waals surface area contributed by atoms with Crippen LogP contribution in [0, 0.1) is 23.2 Å². The number of nitrogens with one attached hydrogen (secondary N) is 10. The molecule has 2 aliphatic rings. The lowest BCUT2D eigenvalue weighted by Crippen LogP contribution is -2.66. The van der Waals surface area contributed by atoms with Crippen LogP contribution in [0.5, 0.6) is 11.5 Å². The Balaban J connectivity index is 1.88. The Hall–Kier alpha value is -9.23. The fourth-order valence-electron chi connectivity index (χ4n) is 10.3. The smallest absolute Gasteiger partial charge is 0.317 e. The molecule has 9 atom stereocenters. The van der Waals surface area contributed by atoms with Crippen molar-refractivity contribution in [3.63, 3.8) is 0 Å². The first-order valence-corrected chi connectivity index (χ1v) is 31.4.